The summed E-state index contributed by atoms with van der Waals surface area (Å²) in [5.41, 5.74) is 2.13. The lowest BCUT2D eigenvalue weighted by Crippen LogP contribution is -2.39. The van der Waals surface area contributed by atoms with Crippen molar-refractivity contribution in [2.24, 2.45) is 0 Å². The Morgan fingerprint density at radius 3 is 2.52 bits per heavy atom. The molecule has 1 unspecified atom stereocenters. The first-order valence-corrected chi connectivity index (χ1v) is 9.13. The molecule has 1 saturated heterocycles. The molecule has 0 radical (unpaired) electrons. The van der Waals surface area contributed by atoms with E-state index in [0.717, 1.165) is 25.2 Å². The molecule has 7 heteroatoms. The Bertz CT molecular complexity index is 804. The van der Waals surface area contributed by atoms with Gasteiger partial charge in [-0.25, -0.2) is 4.79 Å². The molecule has 3 rings (SSSR count). The molecule has 1 atom stereocenters. The number of hydrogen-bond donors (Lipinski definition) is 2. The highest BCUT2D eigenvalue weighted by molar-refractivity contribution is 5.89. The third-order valence-electron chi connectivity index (χ3n) is 4.80. The molecule has 0 aromatic heterocycles. The Kier molecular flexibility index (Phi) is 6.03. The number of nitrogens with zero attached hydrogens (tertiary/aromatic N) is 2. The highest BCUT2D eigenvalue weighted by Crippen LogP contribution is 2.22. The standard InChI is InChI=1S/C20H24N4O3/c1-15-13-17(9-10-19(15)24(26)27)21-20(25)22-18(14-23-11-5-6-12-23)16-7-3-2-4-8-16/h2-4,7-10,13,18H,5-6,11-12,14H2,1H3,(H2,21,22,25). The van der Waals surface area contributed by atoms with Crippen LogP contribution in [0.4, 0.5) is 16.2 Å². The molecule has 1 fully saturated rings. The fourth-order valence-electron chi connectivity index (χ4n) is 3.41. The number of nitro benzene ring substituents is 1. The van der Waals surface area contributed by atoms with Gasteiger partial charge in [0.05, 0.1) is 11.0 Å². The normalized spacial score (nSPS) is 15.3. The number of carbonyl (C=O) groups is 1. The summed E-state index contributed by atoms with van der Waals surface area (Å²) in [6.45, 7) is 4.51. The summed E-state index contributed by atoms with van der Waals surface area (Å²) in [4.78, 5) is 25.4. The van der Waals surface area contributed by atoms with Gasteiger partial charge in [0.1, 0.15) is 0 Å². The SMILES string of the molecule is Cc1cc(NC(=O)NC(CN2CCCC2)c2ccccc2)ccc1[N+](=O)[O-]. The predicted octanol–water partition coefficient (Wildman–Crippen LogP) is 3.86. The van der Waals surface area contributed by atoms with Gasteiger partial charge in [-0.1, -0.05) is 30.3 Å². The van der Waals surface area contributed by atoms with E-state index >= 15 is 0 Å². The monoisotopic (exact) mass is 368 g/mol. The van der Waals surface area contributed by atoms with Crippen molar-refractivity contribution in [3.8, 4) is 0 Å². The number of hydrogen-bond acceptors (Lipinski definition) is 4. The number of aryl methyl sites for hydroxylation is 1. The minimum absolute atomic E-state index is 0.0390. The van der Waals surface area contributed by atoms with Crippen LogP contribution in [0.3, 0.4) is 0 Å². The zero-order valence-corrected chi connectivity index (χ0v) is 15.4. The zero-order valence-electron chi connectivity index (χ0n) is 15.4. The number of urea groups is 1. The summed E-state index contributed by atoms with van der Waals surface area (Å²) in [6, 6.07) is 14.0. The van der Waals surface area contributed by atoms with Gasteiger partial charge >= 0.3 is 6.03 Å². The Labute approximate surface area is 158 Å². The van der Waals surface area contributed by atoms with Crippen LogP contribution in [0, 0.1) is 17.0 Å². The maximum atomic E-state index is 12.5. The summed E-state index contributed by atoms with van der Waals surface area (Å²) < 4.78 is 0. The van der Waals surface area contributed by atoms with Gasteiger partial charge in [-0.15, -0.1) is 0 Å². The minimum Gasteiger partial charge on any atom is -0.330 e. The predicted molar refractivity (Wildman–Crippen MR) is 105 cm³/mol. The van der Waals surface area contributed by atoms with Gasteiger partial charge in [0.25, 0.3) is 5.69 Å². The summed E-state index contributed by atoms with van der Waals surface area (Å²) in [7, 11) is 0. The molecule has 2 amide bonds. The van der Waals surface area contributed by atoms with E-state index in [1.165, 1.54) is 18.9 Å². The molecule has 1 aliphatic heterocycles. The quantitative estimate of drug-likeness (QED) is 0.599. The van der Waals surface area contributed by atoms with Gasteiger partial charge in [0.15, 0.2) is 0 Å². The van der Waals surface area contributed by atoms with Crippen molar-refractivity contribution in [3.05, 3.63) is 69.8 Å². The molecule has 27 heavy (non-hydrogen) atoms. The summed E-state index contributed by atoms with van der Waals surface area (Å²) in [5, 5.41) is 16.7. The number of anilines is 1. The number of amides is 2. The third-order valence-corrected chi connectivity index (χ3v) is 4.80. The second-order valence-corrected chi connectivity index (χ2v) is 6.83. The molecule has 0 saturated carbocycles. The van der Waals surface area contributed by atoms with Gasteiger partial charge in [-0.2, -0.15) is 0 Å². The van der Waals surface area contributed by atoms with Crippen LogP contribution in [0.2, 0.25) is 0 Å². The van der Waals surface area contributed by atoms with Crippen LogP contribution in [-0.4, -0.2) is 35.5 Å². The third kappa shape index (κ3) is 5.04. The number of likely N-dealkylation sites (tertiary alicyclic amines) is 1. The van der Waals surface area contributed by atoms with Crippen LogP contribution >= 0.6 is 0 Å². The van der Waals surface area contributed by atoms with Crippen LogP contribution in [0.1, 0.15) is 30.0 Å². The van der Waals surface area contributed by atoms with Gasteiger partial charge in [-0.05, 0) is 50.6 Å². The van der Waals surface area contributed by atoms with Crippen LogP contribution in [-0.2, 0) is 0 Å². The highest BCUT2D eigenvalue weighted by Gasteiger charge is 2.21. The van der Waals surface area contributed by atoms with Crippen LogP contribution in [0.15, 0.2) is 48.5 Å². The molecule has 2 aromatic rings. The Balaban J connectivity index is 1.68. The van der Waals surface area contributed by atoms with E-state index in [0.29, 0.717) is 11.3 Å². The van der Waals surface area contributed by atoms with E-state index in [1.54, 1.807) is 19.1 Å². The molecule has 142 valence electrons. The van der Waals surface area contributed by atoms with Gasteiger partial charge < -0.3 is 15.5 Å². The molecule has 2 aromatic carbocycles. The van der Waals surface area contributed by atoms with Crippen LogP contribution in [0.25, 0.3) is 0 Å². The van der Waals surface area contributed by atoms with Gasteiger partial charge in [0, 0.05) is 23.9 Å². The Morgan fingerprint density at radius 2 is 1.89 bits per heavy atom. The number of carbonyl (C=O) groups excluding carboxylic acids is 1. The van der Waals surface area contributed by atoms with Crippen LogP contribution in [0.5, 0.6) is 0 Å². The minimum atomic E-state index is -0.430. The molecule has 0 spiro atoms. The molecule has 0 aliphatic carbocycles. The van der Waals surface area contributed by atoms with Gasteiger partial charge in [-0.3, -0.25) is 10.1 Å². The van der Waals surface area contributed by atoms with Crippen molar-refractivity contribution in [2.75, 3.05) is 25.0 Å². The van der Waals surface area contributed by atoms with E-state index < -0.39 is 4.92 Å². The van der Waals surface area contributed by atoms with Crippen molar-refractivity contribution in [2.45, 2.75) is 25.8 Å². The van der Waals surface area contributed by atoms with Crippen molar-refractivity contribution in [1.82, 2.24) is 10.2 Å². The summed E-state index contributed by atoms with van der Waals surface area (Å²) >= 11 is 0. The number of nitro groups is 1. The smallest absolute Gasteiger partial charge is 0.319 e. The Hall–Kier alpha value is -2.93. The van der Waals surface area contributed by atoms with Crippen LogP contribution < -0.4 is 10.6 Å². The first-order chi connectivity index (χ1) is 13.0. The number of rotatable bonds is 6. The molecular weight excluding hydrogens is 344 g/mol. The first kappa shape index (κ1) is 18.8. The van der Waals surface area contributed by atoms with E-state index in [1.807, 2.05) is 30.3 Å². The molecule has 7 nitrogen and oxygen atoms in total. The lowest BCUT2D eigenvalue weighted by molar-refractivity contribution is -0.385. The average molecular weight is 368 g/mol. The molecule has 1 aliphatic rings. The lowest BCUT2D eigenvalue weighted by Gasteiger charge is -2.25. The van der Waals surface area contributed by atoms with Crippen molar-refractivity contribution >= 4 is 17.4 Å². The topological polar surface area (TPSA) is 87.5 Å². The van der Waals surface area contributed by atoms with E-state index in [-0.39, 0.29) is 17.8 Å². The summed E-state index contributed by atoms with van der Waals surface area (Å²) in [5.74, 6) is 0. The zero-order chi connectivity index (χ0) is 19.2. The largest absolute Gasteiger partial charge is 0.330 e. The summed E-state index contributed by atoms with van der Waals surface area (Å²) in [6.07, 6.45) is 2.38. The number of nitrogens with one attached hydrogen (secondary N) is 2. The number of benzene rings is 2. The van der Waals surface area contributed by atoms with E-state index in [4.69, 9.17) is 0 Å². The second kappa shape index (κ2) is 8.64. The van der Waals surface area contributed by atoms with Crippen molar-refractivity contribution < 1.29 is 9.72 Å². The molecule has 0 bridgehead atoms. The Morgan fingerprint density at radius 1 is 1.19 bits per heavy atom. The van der Waals surface area contributed by atoms with E-state index in [2.05, 4.69) is 15.5 Å². The van der Waals surface area contributed by atoms with Crippen molar-refractivity contribution in [1.29, 1.82) is 0 Å². The van der Waals surface area contributed by atoms with E-state index in [9.17, 15) is 14.9 Å². The second-order valence-electron chi connectivity index (χ2n) is 6.83. The fourth-order valence-corrected chi connectivity index (χ4v) is 3.41. The fraction of sp³-hybridized carbons (Fsp3) is 0.350. The highest BCUT2D eigenvalue weighted by atomic mass is 16.6. The lowest BCUT2D eigenvalue weighted by atomic mass is 10.1. The maximum absolute atomic E-state index is 12.5. The first-order valence-electron chi connectivity index (χ1n) is 9.13. The molecule has 1 heterocycles. The van der Waals surface area contributed by atoms with Gasteiger partial charge in [0.2, 0.25) is 0 Å². The molecular formula is C20H24N4O3. The van der Waals surface area contributed by atoms with Crippen molar-refractivity contribution in [3.63, 3.8) is 0 Å². The maximum Gasteiger partial charge on any atom is 0.319 e. The average Bonchev–Trinajstić information content (AvgIpc) is 3.15. The molecule has 2 N–H and O–H groups in total.